The van der Waals surface area contributed by atoms with Gasteiger partial charge in [0.25, 0.3) is 11.6 Å². The van der Waals surface area contributed by atoms with E-state index in [1.165, 1.54) is 42.1 Å². The Hall–Kier alpha value is -4.12. The fourth-order valence-electron chi connectivity index (χ4n) is 3.75. The number of amides is 2. The number of nitro groups is 1. The van der Waals surface area contributed by atoms with E-state index in [-0.39, 0.29) is 18.7 Å². The Labute approximate surface area is 187 Å². The number of benzene rings is 2. The average Bonchev–Trinajstić information content (AvgIpc) is 3.25. The Kier molecular flexibility index (Phi) is 5.88. The lowest BCUT2D eigenvalue weighted by molar-refractivity contribution is -0.384. The smallest absolute Gasteiger partial charge is 0.269 e. The van der Waals surface area contributed by atoms with Gasteiger partial charge in [-0.1, -0.05) is 12.1 Å². The predicted molar refractivity (Wildman–Crippen MR) is 117 cm³/mol. The van der Waals surface area contributed by atoms with Crippen LogP contribution in [0.3, 0.4) is 0 Å². The topological polar surface area (TPSA) is 128 Å². The number of nitro benzene ring substituents is 1. The van der Waals surface area contributed by atoms with Gasteiger partial charge in [0.1, 0.15) is 17.7 Å². The summed E-state index contributed by atoms with van der Waals surface area (Å²) >= 11 is 0. The zero-order valence-electron chi connectivity index (χ0n) is 17.8. The number of nitrogens with zero attached hydrogens (tertiary/aromatic N) is 3. The molecule has 0 bridgehead atoms. The molecule has 0 spiro atoms. The van der Waals surface area contributed by atoms with Crippen molar-refractivity contribution < 1.29 is 23.6 Å². The second kappa shape index (κ2) is 8.79. The third kappa shape index (κ3) is 4.30. The molecule has 1 aromatic heterocycles. The number of ether oxygens (including phenoxy) is 1. The van der Waals surface area contributed by atoms with Crippen LogP contribution in [0.2, 0.25) is 0 Å². The fourth-order valence-corrected chi connectivity index (χ4v) is 3.75. The van der Waals surface area contributed by atoms with Crippen molar-refractivity contribution in [3.63, 3.8) is 0 Å². The number of carbonyl (C=O) groups excluding carboxylic acids is 2. The number of anilines is 2. The highest BCUT2D eigenvalue weighted by molar-refractivity contribution is 6.04. The lowest BCUT2D eigenvalue weighted by atomic mass is 10.1. The molecule has 10 nitrogen and oxygen atoms in total. The van der Waals surface area contributed by atoms with Crippen molar-refractivity contribution in [3.8, 4) is 11.1 Å². The van der Waals surface area contributed by atoms with Crippen LogP contribution < -0.4 is 10.6 Å². The fraction of sp³-hybridized carbons (Fsp3) is 0.227. The van der Waals surface area contributed by atoms with Crippen LogP contribution in [0, 0.1) is 22.9 Å². The molecule has 0 fully saturated rings. The molecule has 2 aromatic carbocycles. The molecule has 1 aliphatic heterocycles. The Balaban J connectivity index is 1.59. The second-order valence-corrected chi connectivity index (χ2v) is 7.57. The number of carbonyl (C=O) groups is 2. The largest absolute Gasteiger partial charge is 0.378 e. The zero-order chi connectivity index (χ0) is 23.7. The molecule has 3 aromatic rings. The summed E-state index contributed by atoms with van der Waals surface area (Å²) in [6.45, 7) is 1.80. The van der Waals surface area contributed by atoms with Crippen molar-refractivity contribution in [2.45, 2.75) is 26.0 Å². The minimum Gasteiger partial charge on any atom is -0.378 e. The van der Waals surface area contributed by atoms with Crippen LogP contribution in [0.1, 0.15) is 23.7 Å². The Morgan fingerprint density at radius 1 is 1.30 bits per heavy atom. The van der Waals surface area contributed by atoms with E-state index in [0.717, 1.165) is 0 Å². The summed E-state index contributed by atoms with van der Waals surface area (Å²) in [6, 6.07) is 8.98. The third-order valence-corrected chi connectivity index (χ3v) is 5.31. The van der Waals surface area contributed by atoms with Gasteiger partial charge in [0.05, 0.1) is 23.6 Å². The van der Waals surface area contributed by atoms with E-state index in [4.69, 9.17) is 4.74 Å². The van der Waals surface area contributed by atoms with Gasteiger partial charge in [-0.2, -0.15) is 5.10 Å². The number of fused-ring (bicyclic) bond motifs is 1. The number of aryl methyl sites for hydroxylation is 1. The molecule has 0 radical (unpaired) electrons. The summed E-state index contributed by atoms with van der Waals surface area (Å²) in [7, 11) is 1.51. The van der Waals surface area contributed by atoms with Crippen LogP contribution in [0.25, 0.3) is 11.1 Å². The average molecular weight is 453 g/mol. The van der Waals surface area contributed by atoms with Crippen LogP contribution in [0.4, 0.5) is 21.6 Å². The molecule has 2 N–H and O–H groups in total. The number of halogens is 1. The quantitative estimate of drug-likeness (QED) is 0.416. The number of aromatic nitrogens is 2. The van der Waals surface area contributed by atoms with Gasteiger partial charge in [-0.15, -0.1) is 0 Å². The number of non-ortho nitro benzene ring substituents is 1. The van der Waals surface area contributed by atoms with Gasteiger partial charge in [-0.05, 0) is 36.2 Å². The van der Waals surface area contributed by atoms with Gasteiger partial charge in [0.2, 0.25) is 5.91 Å². The zero-order valence-corrected chi connectivity index (χ0v) is 17.8. The highest BCUT2D eigenvalue weighted by Crippen LogP contribution is 2.39. The molecule has 33 heavy (non-hydrogen) atoms. The molecule has 170 valence electrons. The van der Waals surface area contributed by atoms with E-state index in [1.54, 1.807) is 19.1 Å². The molecule has 0 saturated carbocycles. The Morgan fingerprint density at radius 2 is 2.03 bits per heavy atom. The normalized spacial score (nSPS) is 14.6. The van der Waals surface area contributed by atoms with Gasteiger partial charge in [0.15, 0.2) is 0 Å². The molecule has 2 amide bonds. The van der Waals surface area contributed by atoms with Crippen LogP contribution >= 0.6 is 0 Å². The summed E-state index contributed by atoms with van der Waals surface area (Å²) in [4.78, 5) is 35.7. The molecular weight excluding hydrogens is 433 g/mol. The third-order valence-electron chi connectivity index (χ3n) is 5.31. The first kappa shape index (κ1) is 22.1. The van der Waals surface area contributed by atoms with E-state index >= 15 is 0 Å². The SMILES string of the molecule is COCc1nn2c(c1-c1ccc(F)cc1)NC(=O)C2CC(=O)Nc1ccc([N+](=O)[O-])cc1C. The summed E-state index contributed by atoms with van der Waals surface area (Å²) < 4.78 is 20.1. The van der Waals surface area contributed by atoms with Crippen molar-refractivity contribution in [1.82, 2.24) is 9.78 Å². The highest BCUT2D eigenvalue weighted by Gasteiger charge is 2.37. The molecule has 1 aliphatic rings. The predicted octanol–water partition coefficient (Wildman–Crippen LogP) is 3.57. The molecule has 1 atom stereocenters. The number of rotatable bonds is 7. The minimum atomic E-state index is -0.900. The molecule has 4 rings (SSSR count). The number of methoxy groups -OCH3 is 1. The van der Waals surface area contributed by atoms with Crippen molar-refractivity contribution in [2.75, 3.05) is 17.7 Å². The number of nitrogens with one attached hydrogen (secondary N) is 2. The molecule has 0 aliphatic carbocycles. The standard InChI is InChI=1S/C22H20FN5O5/c1-12-9-15(28(31)32)7-8-16(12)24-19(29)10-18-22(30)25-21-20(13-3-5-14(23)6-4-13)17(11-33-2)26-27(18)21/h3-9,18H,10-11H2,1-2H3,(H,24,29)(H,25,30). The first-order valence-corrected chi connectivity index (χ1v) is 10.0. The van der Waals surface area contributed by atoms with Crippen molar-refractivity contribution in [3.05, 3.63) is 69.7 Å². The Bertz CT molecular complexity index is 1250. The van der Waals surface area contributed by atoms with E-state index < -0.39 is 28.6 Å². The monoisotopic (exact) mass is 453 g/mol. The van der Waals surface area contributed by atoms with Crippen molar-refractivity contribution in [2.24, 2.45) is 0 Å². The lowest BCUT2D eigenvalue weighted by Gasteiger charge is -2.11. The molecule has 2 heterocycles. The Morgan fingerprint density at radius 3 is 2.67 bits per heavy atom. The maximum Gasteiger partial charge on any atom is 0.269 e. The van der Waals surface area contributed by atoms with Crippen molar-refractivity contribution >= 4 is 29.0 Å². The van der Waals surface area contributed by atoms with Crippen LogP contribution in [0.15, 0.2) is 42.5 Å². The summed E-state index contributed by atoms with van der Waals surface area (Å²) in [5.74, 6) is -0.841. The van der Waals surface area contributed by atoms with Crippen LogP contribution in [-0.4, -0.2) is 33.6 Å². The van der Waals surface area contributed by atoms with Crippen molar-refractivity contribution in [1.29, 1.82) is 0 Å². The summed E-state index contributed by atoms with van der Waals surface area (Å²) in [5, 5.41) is 20.8. The second-order valence-electron chi connectivity index (χ2n) is 7.57. The van der Waals surface area contributed by atoms with Crippen LogP contribution in [-0.2, 0) is 20.9 Å². The molecule has 0 saturated heterocycles. The summed E-state index contributed by atoms with van der Waals surface area (Å²) in [6.07, 6.45) is -0.202. The van der Waals surface area contributed by atoms with E-state index in [1.807, 2.05) is 0 Å². The summed E-state index contributed by atoms with van der Waals surface area (Å²) in [5.41, 5.74) is 2.64. The van der Waals surface area contributed by atoms with Gasteiger partial charge in [-0.25, -0.2) is 9.07 Å². The number of hydrogen-bond acceptors (Lipinski definition) is 6. The first-order valence-electron chi connectivity index (χ1n) is 10.0. The van der Waals surface area contributed by atoms with Gasteiger partial charge >= 0.3 is 0 Å². The van der Waals surface area contributed by atoms with E-state index in [9.17, 15) is 24.1 Å². The molecular formula is C22H20FN5O5. The minimum absolute atomic E-state index is 0.0825. The van der Waals surface area contributed by atoms with Gasteiger partial charge in [0, 0.05) is 30.5 Å². The van der Waals surface area contributed by atoms with E-state index in [2.05, 4.69) is 15.7 Å². The molecule has 11 heteroatoms. The van der Waals surface area contributed by atoms with Gasteiger partial charge < -0.3 is 15.4 Å². The van der Waals surface area contributed by atoms with E-state index in [0.29, 0.717) is 33.9 Å². The molecule has 1 unspecified atom stereocenters. The number of hydrogen-bond donors (Lipinski definition) is 2. The maximum absolute atomic E-state index is 13.4. The lowest BCUT2D eigenvalue weighted by Crippen LogP contribution is -2.24. The highest BCUT2D eigenvalue weighted by atomic mass is 19.1. The van der Waals surface area contributed by atoms with Gasteiger partial charge in [-0.3, -0.25) is 19.7 Å². The first-order chi connectivity index (χ1) is 15.8. The van der Waals surface area contributed by atoms with Crippen LogP contribution in [0.5, 0.6) is 0 Å². The maximum atomic E-state index is 13.4.